The molecule has 0 unspecified atom stereocenters. The number of benzene rings is 1. The van der Waals surface area contributed by atoms with Crippen molar-refractivity contribution in [3.63, 3.8) is 0 Å². The zero-order valence-electron chi connectivity index (χ0n) is 18.8. The highest BCUT2D eigenvalue weighted by molar-refractivity contribution is 6.42. The van der Waals surface area contributed by atoms with Crippen molar-refractivity contribution in [1.29, 1.82) is 0 Å². The Kier molecular flexibility index (Phi) is 5.98. The lowest BCUT2D eigenvalue weighted by atomic mass is 9.55. The average molecular weight is 479 g/mol. The molecular weight excluding hydrogens is 447 g/mol. The predicted octanol–water partition coefficient (Wildman–Crippen LogP) is 4.40. The lowest BCUT2D eigenvalue weighted by molar-refractivity contribution is -0.145. The zero-order chi connectivity index (χ0) is 22.6. The van der Waals surface area contributed by atoms with E-state index in [9.17, 15) is 9.90 Å². The van der Waals surface area contributed by atoms with E-state index in [2.05, 4.69) is 29.7 Å². The number of anilines is 1. The van der Waals surface area contributed by atoms with Gasteiger partial charge in [0.2, 0.25) is 0 Å². The van der Waals surface area contributed by atoms with Crippen LogP contribution in [0.5, 0.6) is 0 Å². The molecule has 32 heavy (non-hydrogen) atoms. The number of ether oxygens (including phenoxy) is 1. The highest BCUT2D eigenvalue weighted by Gasteiger charge is 2.59. The van der Waals surface area contributed by atoms with E-state index in [1.165, 1.54) is 5.57 Å². The van der Waals surface area contributed by atoms with E-state index in [4.69, 9.17) is 27.9 Å². The van der Waals surface area contributed by atoms with Gasteiger partial charge in [0.15, 0.2) is 0 Å². The molecule has 1 aromatic carbocycles. The van der Waals surface area contributed by atoms with Crippen LogP contribution in [-0.2, 0) is 9.53 Å². The summed E-state index contributed by atoms with van der Waals surface area (Å²) < 4.78 is 5.83. The van der Waals surface area contributed by atoms with E-state index in [0.29, 0.717) is 22.5 Å². The third-order valence-corrected chi connectivity index (χ3v) is 9.40. The Morgan fingerprint density at radius 3 is 2.66 bits per heavy atom. The Morgan fingerprint density at radius 1 is 1.19 bits per heavy atom. The molecule has 4 aliphatic rings. The van der Waals surface area contributed by atoms with Crippen LogP contribution in [-0.4, -0.2) is 60.9 Å². The van der Waals surface area contributed by atoms with E-state index in [1.54, 1.807) is 0 Å². The summed E-state index contributed by atoms with van der Waals surface area (Å²) in [4.78, 5) is 17.5. The Hall–Kier alpha value is -1.27. The molecular formula is C25H32Cl2N2O3. The highest BCUT2D eigenvalue weighted by Crippen LogP contribution is 2.56. The summed E-state index contributed by atoms with van der Waals surface area (Å²) in [6.07, 6.45) is 4.46. The van der Waals surface area contributed by atoms with Gasteiger partial charge in [-0.1, -0.05) is 48.7 Å². The lowest BCUT2D eigenvalue weighted by Gasteiger charge is -2.52. The number of hydrogen-bond acceptors (Lipinski definition) is 5. The fourth-order valence-electron chi connectivity index (χ4n) is 6.42. The standard InChI is InChI=1S/C25H32Cl2N2O3/c1-15-4-3-5-16-12-21-22(23(30)25(15,16)2)18(24(31)32-21)14-28-8-10-29(11-9-28)17-6-7-19(26)20(27)13-17/h5-7,13,15,18,21-23,30H,3-4,8-12,14H2,1-2H3/t15-,18+,21+,22+,23-,25+/m0/s1. The Morgan fingerprint density at radius 2 is 1.94 bits per heavy atom. The minimum Gasteiger partial charge on any atom is -0.461 e. The molecule has 0 radical (unpaired) electrons. The zero-order valence-corrected chi connectivity index (χ0v) is 20.3. The lowest BCUT2D eigenvalue weighted by Crippen LogP contribution is -2.55. The average Bonchev–Trinajstić information content (AvgIpc) is 3.08. The van der Waals surface area contributed by atoms with Crippen molar-refractivity contribution in [2.75, 3.05) is 37.6 Å². The van der Waals surface area contributed by atoms with E-state index in [0.717, 1.165) is 51.1 Å². The molecule has 5 nitrogen and oxygen atoms in total. The monoisotopic (exact) mass is 478 g/mol. The van der Waals surface area contributed by atoms with Crippen molar-refractivity contribution < 1.29 is 14.6 Å². The summed E-state index contributed by atoms with van der Waals surface area (Å²) in [5.74, 6) is -0.122. The first-order chi connectivity index (χ1) is 15.3. The summed E-state index contributed by atoms with van der Waals surface area (Å²) in [5, 5.41) is 12.7. The number of hydrogen-bond donors (Lipinski definition) is 1. The molecule has 5 rings (SSSR count). The molecule has 174 valence electrons. The van der Waals surface area contributed by atoms with Crippen LogP contribution in [0.2, 0.25) is 10.0 Å². The summed E-state index contributed by atoms with van der Waals surface area (Å²) in [7, 11) is 0. The van der Waals surface area contributed by atoms with Crippen LogP contribution in [0.4, 0.5) is 5.69 Å². The molecule has 0 spiro atoms. The van der Waals surface area contributed by atoms with Crippen molar-refractivity contribution in [3.8, 4) is 0 Å². The van der Waals surface area contributed by atoms with Crippen LogP contribution in [0.15, 0.2) is 29.8 Å². The summed E-state index contributed by atoms with van der Waals surface area (Å²) in [5.41, 5.74) is 2.10. The van der Waals surface area contributed by atoms with E-state index < -0.39 is 6.10 Å². The van der Waals surface area contributed by atoms with E-state index in [-0.39, 0.29) is 29.3 Å². The number of esters is 1. The van der Waals surface area contributed by atoms with Gasteiger partial charge in [-0.15, -0.1) is 0 Å². The number of piperazine rings is 1. The Bertz CT molecular complexity index is 930. The molecule has 7 heteroatoms. The van der Waals surface area contributed by atoms with Gasteiger partial charge in [-0.25, -0.2) is 0 Å². The third-order valence-electron chi connectivity index (χ3n) is 8.67. The van der Waals surface area contributed by atoms with Gasteiger partial charge >= 0.3 is 5.97 Å². The number of allylic oxidation sites excluding steroid dienone is 1. The number of carbonyl (C=O) groups excluding carboxylic acids is 1. The molecule has 2 heterocycles. The molecule has 6 atom stereocenters. The number of nitrogens with zero attached hydrogens (tertiary/aromatic N) is 2. The van der Waals surface area contributed by atoms with Crippen molar-refractivity contribution in [3.05, 3.63) is 39.9 Å². The fourth-order valence-corrected chi connectivity index (χ4v) is 6.71. The van der Waals surface area contributed by atoms with Crippen molar-refractivity contribution in [2.24, 2.45) is 23.2 Å². The van der Waals surface area contributed by atoms with Gasteiger partial charge in [0, 0.05) is 56.2 Å². The maximum absolute atomic E-state index is 12.9. The number of rotatable bonds is 3. The maximum atomic E-state index is 12.9. The largest absolute Gasteiger partial charge is 0.461 e. The smallest absolute Gasteiger partial charge is 0.311 e. The van der Waals surface area contributed by atoms with E-state index >= 15 is 0 Å². The quantitative estimate of drug-likeness (QED) is 0.515. The predicted molar refractivity (Wildman–Crippen MR) is 127 cm³/mol. The van der Waals surface area contributed by atoms with Gasteiger partial charge in [0.25, 0.3) is 0 Å². The number of fused-ring (bicyclic) bond motifs is 2. The Labute approximate surface area is 200 Å². The van der Waals surface area contributed by atoms with Gasteiger partial charge in [0.1, 0.15) is 6.10 Å². The highest BCUT2D eigenvalue weighted by atomic mass is 35.5. The molecule has 1 saturated carbocycles. The van der Waals surface area contributed by atoms with E-state index in [1.807, 2.05) is 18.2 Å². The molecule has 2 saturated heterocycles. The van der Waals surface area contributed by atoms with Gasteiger partial charge in [0.05, 0.1) is 22.1 Å². The third kappa shape index (κ3) is 3.66. The molecule has 2 aliphatic heterocycles. The molecule has 3 fully saturated rings. The van der Waals surface area contributed by atoms with Crippen LogP contribution < -0.4 is 4.90 Å². The van der Waals surface area contributed by atoms with Gasteiger partial charge in [-0.2, -0.15) is 0 Å². The molecule has 0 aromatic heterocycles. The first kappa shape index (κ1) is 22.5. The first-order valence-corrected chi connectivity index (χ1v) is 12.5. The SMILES string of the molecule is C[C@H]1CCC=C2C[C@H]3OC(=O)[C@H](CN4CCN(c5ccc(Cl)c(Cl)c5)CC4)[C@H]3[C@H](O)[C@@]21C. The second-order valence-electron chi connectivity index (χ2n) is 10.2. The van der Waals surface area contributed by atoms with Crippen molar-refractivity contribution in [2.45, 2.75) is 45.3 Å². The maximum Gasteiger partial charge on any atom is 0.311 e. The van der Waals surface area contributed by atoms with Crippen LogP contribution >= 0.6 is 23.2 Å². The molecule has 0 amide bonds. The number of aliphatic hydroxyl groups excluding tert-OH is 1. The van der Waals surface area contributed by atoms with Crippen LogP contribution in [0, 0.1) is 23.2 Å². The summed E-state index contributed by atoms with van der Waals surface area (Å²) >= 11 is 12.2. The van der Waals surface area contributed by atoms with Gasteiger partial charge < -0.3 is 14.7 Å². The second-order valence-corrected chi connectivity index (χ2v) is 11.0. The van der Waals surface area contributed by atoms with Crippen LogP contribution in [0.3, 0.4) is 0 Å². The number of halogens is 2. The minimum absolute atomic E-state index is 0.127. The van der Waals surface area contributed by atoms with Crippen molar-refractivity contribution in [1.82, 2.24) is 4.90 Å². The summed E-state index contributed by atoms with van der Waals surface area (Å²) in [6, 6.07) is 5.74. The topological polar surface area (TPSA) is 53.0 Å². The normalized spacial score (nSPS) is 37.5. The first-order valence-electron chi connectivity index (χ1n) is 11.8. The molecule has 0 bridgehead atoms. The Balaban J connectivity index is 1.27. The molecule has 1 N–H and O–H groups in total. The second kappa shape index (κ2) is 8.50. The molecule has 1 aromatic rings. The molecule has 2 aliphatic carbocycles. The van der Waals surface area contributed by atoms with Gasteiger partial charge in [-0.05, 0) is 37.0 Å². The number of aliphatic hydroxyl groups is 1. The van der Waals surface area contributed by atoms with Gasteiger partial charge in [-0.3, -0.25) is 9.69 Å². The van der Waals surface area contributed by atoms with Crippen molar-refractivity contribution >= 4 is 34.9 Å². The fraction of sp³-hybridized carbons (Fsp3) is 0.640. The minimum atomic E-state index is -0.545. The summed E-state index contributed by atoms with van der Waals surface area (Å²) in [6.45, 7) is 8.52. The van der Waals surface area contributed by atoms with Crippen LogP contribution in [0.25, 0.3) is 0 Å². The van der Waals surface area contributed by atoms with Crippen LogP contribution in [0.1, 0.15) is 33.1 Å². The number of carbonyl (C=O) groups is 1.